The van der Waals surface area contributed by atoms with E-state index >= 15 is 0 Å². The third kappa shape index (κ3) is 2.34. The smallest absolute Gasteiger partial charge is 0.192 e. The van der Waals surface area contributed by atoms with Gasteiger partial charge in [0.25, 0.3) is 0 Å². The first-order valence-corrected chi connectivity index (χ1v) is 10.4. The minimum atomic E-state index is -1.62. The molecule has 4 aliphatic carbocycles. The average molecular weight is 376 g/mol. The van der Waals surface area contributed by atoms with Crippen LogP contribution in [0.1, 0.15) is 58.8 Å². The van der Waals surface area contributed by atoms with E-state index in [9.17, 15) is 19.8 Å². The Kier molecular flexibility index (Phi) is 4.45. The quantitative estimate of drug-likeness (QED) is 0.790. The molecule has 0 aromatic carbocycles. The monoisotopic (exact) mass is 376 g/mol. The van der Waals surface area contributed by atoms with E-state index in [4.69, 9.17) is 4.74 Å². The SMILES string of the molecule is COC1CC2C3CCC4=CC(=O)CCC4(C)C3CCC2(C)C1(O)C(=O)CO. The van der Waals surface area contributed by atoms with Crippen molar-refractivity contribution in [2.75, 3.05) is 13.7 Å². The van der Waals surface area contributed by atoms with Crippen LogP contribution in [0.2, 0.25) is 0 Å². The number of fused-ring (bicyclic) bond motifs is 5. The topological polar surface area (TPSA) is 83.8 Å². The number of aliphatic hydroxyl groups is 2. The maximum atomic E-state index is 12.6. The van der Waals surface area contributed by atoms with Gasteiger partial charge in [-0.15, -0.1) is 0 Å². The third-order valence-electron chi connectivity index (χ3n) is 9.01. The van der Waals surface area contributed by atoms with E-state index in [2.05, 4.69) is 6.92 Å². The van der Waals surface area contributed by atoms with Gasteiger partial charge in [0.15, 0.2) is 17.2 Å². The molecule has 0 aromatic rings. The van der Waals surface area contributed by atoms with Crippen LogP contribution in [0, 0.1) is 28.6 Å². The number of carbonyl (C=O) groups is 2. The van der Waals surface area contributed by atoms with Gasteiger partial charge in [-0.2, -0.15) is 0 Å². The van der Waals surface area contributed by atoms with E-state index in [1.165, 1.54) is 5.57 Å². The molecule has 27 heavy (non-hydrogen) atoms. The highest BCUT2D eigenvalue weighted by atomic mass is 16.5. The van der Waals surface area contributed by atoms with Crippen molar-refractivity contribution in [3.05, 3.63) is 11.6 Å². The van der Waals surface area contributed by atoms with Crippen LogP contribution in [-0.4, -0.2) is 47.2 Å². The third-order valence-corrected chi connectivity index (χ3v) is 9.01. The Morgan fingerprint density at radius 3 is 2.63 bits per heavy atom. The number of allylic oxidation sites excluding steroid dienone is 1. The number of rotatable bonds is 3. The van der Waals surface area contributed by atoms with Gasteiger partial charge >= 0.3 is 0 Å². The summed E-state index contributed by atoms with van der Waals surface area (Å²) < 4.78 is 5.59. The fourth-order valence-corrected chi connectivity index (χ4v) is 7.44. The van der Waals surface area contributed by atoms with E-state index in [1.807, 2.05) is 13.0 Å². The number of carbonyl (C=O) groups excluding carboxylic acids is 2. The standard InChI is InChI=1S/C22H32O5/c1-20-8-6-14(24)10-13(20)4-5-15-16(20)7-9-21(2)17(15)11-19(27-3)22(21,26)18(25)12-23/h10,15-17,19,23,26H,4-9,11-12H2,1-3H3. The molecule has 5 heteroatoms. The summed E-state index contributed by atoms with van der Waals surface area (Å²) in [7, 11) is 1.55. The highest BCUT2D eigenvalue weighted by molar-refractivity contribution is 5.92. The number of hydrogen-bond donors (Lipinski definition) is 2. The molecule has 7 unspecified atom stereocenters. The maximum absolute atomic E-state index is 12.6. The Balaban J connectivity index is 1.72. The summed E-state index contributed by atoms with van der Waals surface area (Å²) in [5.41, 5.74) is -0.822. The predicted molar refractivity (Wildman–Crippen MR) is 99.9 cm³/mol. The fraction of sp³-hybridized carbons (Fsp3) is 0.818. The molecule has 0 spiro atoms. The molecule has 4 rings (SSSR count). The Bertz CT molecular complexity index is 699. The molecule has 2 N–H and O–H groups in total. The first-order chi connectivity index (χ1) is 12.7. The van der Waals surface area contributed by atoms with Gasteiger partial charge in [0, 0.05) is 18.9 Å². The van der Waals surface area contributed by atoms with E-state index in [-0.39, 0.29) is 17.1 Å². The molecular weight excluding hydrogens is 344 g/mol. The molecule has 0 bridgehead atoms. The summed E-state index contributed by atoms with van der Waals surface area (Å²) in [6.07, 6.45) is 7.14. The molecule has 7 atom stereocenters. The van der Waals surface area contributed by atoms with Crippen molar-refractivity contribution in [2.24, 2.45) is 28.6 Å². The summed E-state index contributed by atoms with van der Waals surface area (Å²) in [5.74, 6) is 0.830. The zero-order valence-corrected chi connectivity index (χ0v) is 16.7. The number of ketones is 2. The molecule has 0 radical (unpaired) electrons. The van der Waals surface area contributed by atoms with Crippen LogP contribution in [0.25, 0.3) is 0 Å². The zero-order chi connectivity index (χ0) is 19.6. The largest absolute Gasteiger partial charge is 0.388 e. The van der Waals surface area contributed by atoms with Crippen LogP contribution in [0.3, 0.4) is 0 Å². The Morgan fingerprint density at radius 1 is 1.22 bits per heavy atom. The van der Waals surface area contributed by atoms with Crippen LogP contribution < -0.4 is 0 Å². The zero-order valence-electron chi connectivity index (χ0n) is 16.7. The fourth-order valence-electron chi connectivity index (χ4n) is 7.44. The van der Waals surface area contributed by atoms with E-state index in [0.717, 1.165) is 32.1 Å². The van der Waals surface area contributed by atoms with Crippen molar-refractivity contribution in [1.82, 2.24) is 0 Å². The van der Waals surface area contributed by atoms with Gasteiger partial charge in [0.1, 0.15) is 6.61 Å². The lowest BCUT2D eigenvalue weighted by molar-refractivity contribution is -0.181. The Labute approximate surface area is 161 Å². The summed E-state index contributed by atoms with van der Waals surface area (Å²) in [5, 5.41) is 21.0. The summed E-state index contributed by atoms with van der Waals surface area (Å²) in [6.45, 7) is 3.69. The molecule has 0 aliphatic heterocycles. The maximum Gasteiger partial charge on any atom is 0.192 e. The molecule has 150 valence electrons. The van der Waals surface area contributed by atoms with Crippen LogP contribution in [0.5, 0.6) is 0 Å². The number of hydrogen-bond acceptors (Lipinski definition) is 5. The van der Waals surface area contributed by atoms with Gasteiger partial charge in [-0.25, -0.2) is 0 Å². The van der Waals surface area contributed by atoms with E-state index in [0.29, 0.717) is 24.7 Å². The summed E-state index contributed by atoms with van der Waals surface area (Å²) >= 11 is 0. The van der Waals surface area contributed by atoms with Gasteiger partial charge < -0.3 is 14.9 Å². The minimum Gasteiger partial charge on any atom is -0.388 e. The second kappa shape index (κ2) is 6.23. The molecule has 0 saturated heterocycles. The molecule has 3 fully saturated rings. The van der Waals surface area contributed by atoms with E-state index < -0.39 is 29.5 Å². The summed E-state index contributed by atoms with van der Waals surface area (Å²) in [4.78, 5) is 24.6. The van der Waals surface area contributed by atoms with Gasteiger partial charge in [0.05, 0.1) is 6.10 Å². The van der Waals surface area contributed by atoms with E-state index in [1.54, 1.807) is 7.11 Å². The second-order valence-electron chi connectivity index (χ2n) is 9.73. The second-order valence-corrected chi connectivity index (χ2v) is 9.73. The number of Topliss-reactive ketones (excluding diaryl/α,β-unsaturated/α-hetero) is 1. The van der Waals surface area contributed by atoms with Crippen molar-refractivity contribution < 1.29 is 24.5 Å². The predicted octanol–water partition coefficient (Wildman–Crippen LogP) is 2.44. The molecule has 3 saturated carbocycles. The van der Waals surface area contributed by atoms with Crippen molar-refractivity contribution >= 4 is 11.6 Å². The van der Waals surface area contributed by atoms with Crippen molar-refractivity contribution in [2.45, 2.75) is 70.5 Å². The van der Waals surface area contributed by atoms with Gasteiger partial charge in [0.2, 0.25) is 0 Å². The molecular formula is C22H32O5. The minimum absolute atomic E-state index is 0.0580. The van der Waals surface area contributed by atoms with Crippen molar-refractivity contribution in [3.63, 3.8) is 0 Å². The number of aliphatic hydroxyl groups excluding tert-OH is 1. The van der Waals surface area contributed by atoms with Gasteiger partial charge in [-0.3, -0.25) is 9.59 Å². The summed E-state index contributed by atoms with van der Waals surface area (Å²) in [6, 6.07) is 0. The lowest BCUT2D eigenvalue weighted by Crippen LogP contribution is -2.61. The normalized spacial score (nSPS) is 49.1. The van der Waals surface area contributed by atoms with Crippen molar-refractivity contribution in [3.8, 4) is 0 Å². The molecule has 5 nitrogen and oxygen atoms in total. The van der Waals surface area contributed by atoms with Crippen LogP contribution >= 0.6 is 0 Å². The first-order valence-electron chi connectivity index (χ1n) is 10.4. The van der Waals surface area contributed by atoms with Crippen LogP contribution in [0.15, 0.2) is 11.6 Å². The highest BCUT2D eigenvalue weighted by Gasteiger charge is 2.70. The van der Waals surface area contributed by atoms with Gasteiger partial charge in [-0.1, -0.05) is 19.4 Å². The average Bonchev–Trinajstić information content (AvgIpc) is 2.90. The first kappa shape index (κ1) is 19.3. The highest BCUT2D eigenvalue weighted by Crippen LogP contribution is 2.67. The van der Waals surface area contributed by atoms with Crippen LogP contribution in [-0.2, 0) is 14.3 Å². The number of methoxy groups -OCH3 is 1. The number of ether oxygens (including phenoxy) is 1. The van der Waals surface area contributed by atoms with Gasteiger partial charge in [-0.05, 0) is 67.8 Å². The lowest BCUT2D eigenvalue weighted by Gasteiger charge is -2.58. The Hall–Kier alpha value is -1.04. The molecule has 0 aromatic heterocycles. The van der Waals surface area contributed by atoms with Crippen molar-refractivity contribution in [1.29, 1.82) is 0 Å². The lowest BCUT2D eigenvalue weighted by atomic mass is 9.46. The molecule has 0 amide bonds. The van der Waals surface area contributed by atoms with Crippen LogP contribution in [0.4, 0.5) is 0 Å². The molecule has 0 heterocycles. The molecule has 4 aliphatic rings. The Morgan fingerprint density at radius 2 is 1.96 bits per heavy atom.